The van der Waals surface area contributed by atoms with Crippen LogP contribution in [0.15, 0.2) is 34.8 Å². The first-order valence-corrected chi connectivity index (χ1v) is 6.29. The number of rotatable bonds is 4. The molecule has 17 heavy (non-hydrogen) atoms. The average molecular weight is 314 g/mol. The molecule has 1 aromatic heterocycles. The summed E-state index contributed by atoms with van der Waals surface area (Å²) in [5.74, 6) is -0.240. The monoisotopic (exact) mass is 313 g/mol. The molecule has 1 aromatic carbocycles. The molecular formula is C11H8BrNO3S. The fourth-order valence-electron chi connectivity index (χ4n) is 1.17. The molecule has 1 heterocycles. The third-order valence-electron chi connectivity index (χ3n) is 1.97. The largest absolute Gasteiger partial charge is 0.487 e. The summed E-state index contributed by atoms with van der Waals surface area (Å²) in [6, 6.07) is 8.92. The van der Waals surface area contributed by atoms with Crippen LogP contribution in [-0.4, -0.2) is 15.4 Å². The molecule has 0 bridgehead atoms. The molecule has 0 unspecified atom stereocenters. The number of nitrogens with zero attached hydrogens (tertiary/aromatic N) is 1. The molecule has 0 amide bonds. The number of ether oxygens (including phenoxy) is 1. The van der Waals surface area contributed by atoms with Crippen molar-refractivity contribution in [3.63, 3.8) is 0 Å². The Kier molecular flexibility index (Phi) is 3.75. The van der Waals surface area contributed by atoms with Gasteiger partial charge in [0.15, 0.2) is 0 Å². The number of carboxylic acid groups (broad SMARTS) is 1. The van der Waals surface area contributed by atoms with E-state index >= 15 is 0 Å². The van der Waals surface area contributed by atoms with Gasteiger partial charge in [-0.25, -0.2) is 4.79 Å². The maximum absolute atomic E-state index is 10.7. The van der Waals surface area contributed by atoms with Crippen LogP contribution in [0.5, 0.6) is 5.75 Å². The van der Waals surface area contributed by atoms with Crippen LogP contribution >= 0.6 is 27.5 Å². The predicted octanol–water partition coefficient (Wildman–Crippen LogP) is 3.18. The molecule has 4 nitrogen and oxygen atoms in total. The molecule has 2 rings (SSSR count). The van der Waals surface area contributed by atoms with Crippen LogP contribution < -0.4 is 4.74 Å². The first kappa shape index (κ1) is 12.1. The van der Waals surface area contributed by atoms with Crippen molar-refractivity contribution in [2.24, 2.45) is 0 Å². The van der Waals surface area contributed by atoms with Crippen molar-refractivity contribution in [2.75, 3.05) is 0 Å². The number of carboxylic acids is 1. The molecule has 0 radical (unpaired) electrons. The molecule has 0 aliphatic rings. The number of hydrogen-bond donors (Lipinski definition) is 1. The third-order valence-corrected chi connectivity index (χ3v) is 3.31. The molecule has 0 atom stereocenters. The smallest absolute Gasteiger partial charge is 0.347 e. The van der Waals surface area contributed by atoms with Gasteiger partial charge in [0.1, 0.15) is 17.2 Å². The maximum atomic E-state index is 10.7. The number of benzene rings is 1. The zero-order valence-electron chi connectivity index (χ0n) is 8.59. The highest BCUT2D eigenvalue weighted by Gasteiger charge is 2.08. The number of hydrogen-bond acceptors (Lipinski definition) is 4. The first-order valence-electron chi connectivity index (χ1n) is 4.72. The second-order valence-electron chi connectivity index (χ2n) is 3.23. The van der Waals surface area contributed by atoms with Crippen LogP contribution in [0.25, 0.3) is 0 Å². The van der Waals surface area contributed by atoms with Gasteiger partial charge in [0.2, 0.25) is 0 Å². The van der Waals surface area contributed by atoms with Crippen molar-refractivity contribution < 1.29 is 14.6 Å². The van der Waals surface area contributed by atoms with Gasteiger partial charge in [-0.05, 0) is 41.9 Å². The molecule has 1 N–H and O–H groups in total. The highest BCUT2D eigenvalue weighted by atomic mass is 79.9. The Morgan fingerprint density at radius 1 is 1.41 bits per heavy atom. The lowest BCUT2D eigenvalue weighted by molar-refractivity contribution is 0.0702. The quantitative estimate of drug-likeness (QED) is 0.941. The summed E-state index contributed by atoms with van der Waals surface area (Å²) in [6.07, 6.45) is 0. The van der Waals surface area contributed by atoms with Gasteiger partial charge in [-0.15, -0.1) is 0 Å². The zero-order valence-corrected chi connectivity index (χ0v) is 11.0. The molecule has 2 aromatic rings. The fourth-order valence-corrected chi connectivity index (χ4v) is 2.02. The SMILES string of the molecule is O=C(O)c1cc(COc2ccc(Br)cc2)ns1. The molecule has 88 valence electrons. The first-order chi connectivity index (χ1) is 8.15. The summed E-state index contributed by atoms with van der Waals surface area (Å²) >= 11 is 4.29. The molecule has 0 spiro atoms. The van der Waals surface area contributed by atoms with Gasteiger partial charge < -0.3 is 9.84 Å². The van der Waals surface area contributed by atoms with Gasteiger partial charge in [-0.3, -0.25) is 0 Å². The maximum Gasteiger partial charge on any atom is 0.347 e. The molecule has 0 aliphatic carbocycles. The predicted molar refractivity (Wildman–Crippen MR) is 67.5 cm³/mol. The Morgan fingerprint density at radius 3 is 2.71 bits per heavy atom. The lowest BCUT2D eigenvalue weighted by atomic mass is 10.3. The van der Waals surface area contributed by atoms with Crippen LogP contribution in [0, 0.1) is 0 Å². The highest BCUT2D eigenvalue weighted by molar-refractivity contribution is 9.10. The summed E-state index contributed by atoms with van der Waals surface area (Å²) in [4.78, 5) is 10.9. The second-order valence-corrected chi connectivity index (χ2v) is 4.95. The van der Waals surface area contributed by atoms with Gasteiger partial charge in [0, 0.05) is 4.47 Å². The van der Waals surface area contributed by atoms with Crippen molar-refractivity contribution in [3.8, 4) is 5.75 Å². The highest BCUT2D eigenvalue weighted by Crippen LogP contribution is 2.18. The number of aromatic carboxylic acids is 1. The van der Waals surface area contributed by atoms with Crippen LogP contribution in [0.2, 0.25) is 0 Å². The van der Waals surface area contributed by atoms with E-state index in [2.05, 4.69) is 20.3 Å². The van der Waals surface area contributed by atoms with Crippen LogP contribution in [0.1, 0.15) is 15.4 Å². The van der Waals surface area contributed by atoms with Crippen molar-refractivity contribution in [2.45, 2.75) is 6.61 Å². The third kappa shape index (κ3) is 3.28. The Labute approximate surface area is 110 Å². The summed E-state index contributed by atoms with van der Waals surface area (Å²) in [6.45, 7) is 0.269. The summed E-state index contributed by atoms with van der Waals surface area (Å²) in [7, 11) is 0. The molecule has 6 heteroatoms. The van der Waals surface area contributed by atoms with E-state index < -0.39 is 5.97 Å². The minimum Gasteiger partial charge on any atom is -0.487 e. The van der Waals surface area contributed by atoms with E-state index in [1.807, 2.05) is 24.3 Å². The van der Waals surface area contributed by atoms with Crippen molar-refractivity contribution in [3.05, 3.63) is 45.4 Å². The van der Waals surface area contributed by atoms with Crippen LogP contribution in [0.4, 0.5) is 0 Å². The van der Waals surface area contributed by atoms with Crippen molar-refractivity contribution in [1.29, 1.82) is 0 Å². The molecule has 0 aliphatic heterocycles. The normalized spacial score (nSPS) is 10.2. The van der Waals surface area contributed by atoms with E-state index in [0.29, 0.717) is 5.69 Å². The second kappa shape index (κ2) is 5.29. The minimum atomic E-state index is -0.961. The van der Waals surface area contributed by atoms with Gasteiger partial charge in [-0.1, -0.05) is 15.9 Å². The van der Waals surface area contributed by atoms with Gasteiger partial charge in [0.05, 0.1) is 5.69 Å². The zero-order chi connectivity index (χ0) is 12.3. The van der Waals surface area contributed by atoms with E-state index in [1.165, 1.54) is 6.07 Å². The molecule has 0 saturated heterocycles. The van der Waals surface area contributed by atoms with Crippen LogP contribution in [-0.2, 0) is 6.61 Å². The Bertz CT molecular complexity index is 524. The lowest BCUT2D eigenvalue weighted by Crippen LogP contribution is -1.95. The fraction of sp³-hybridized carbons (Fsp3) is 0.0909. The molecule has 0 fully saturated rings. The van der Waals surface area contributed by atoms with Crippen molar-refractivity contribution >= 4 is 33.4 Å². The standard InChI is InChI=1S/C11H8BrNO3S/c12-7-1-3-9(4-2-7)16-6-8-5-10(11(14)15)17-13-8/h1-5H,6H2,(H,14,15). The Hall–Kier alpha value is -1.40. The average Bonchev–Trinajstić information content (AvgIpc) is 2.77. The van der Waals surface area contributed by atoms with Gasteiger partial charge >= 0.3 is 5.97 Å². The number of carbonyl (C=O) groups is 1. The summed E-state index contributed by atoms with van der Waals surface area (Å²) in [5, 5.41) is 8.74. The van der Waals surface area contributed by atoms with E-state index in [0.717, 1.165) is 21.8 Å². The minimum absolute atomic E-state index is 0.222. The molecular weight excluding hydrogens is 306 g/mol. The van der Waals surface area contributed by atoms with E-state index in [1.54, 1.807) is 0 Å². The van der Waals surface area contributed by atoms with Gasteiger partial charge in [-0.2, -0.15) is 4.37 Å². The van der Waals surface area contributed by atoms with E-state index in [4.69, 9.17) is 9.84 Å². The van der Waals surface area contributed by atoms with Crippen molar-refractivity contribution in [1.82, 2.24) is 4.37 Å². The summed E-state index contributed by atoms with van der Waals surface area (Å²) in [5.41, 5.74) is 0.621. The van der Waals surface area contributed by atoms with Gasteiger partial charge in [0.25, 0.3) is 0 Å². The Balaban J connectivity index is 1.97. The lowest BCUT2D eigenvalue weighted by Gasteiger charge is -2.03. The summed E-state index contributed by atoms with van der Waals surface area (Å²) < 4.78 is 10.4. The van der Waals surface area contributed by atoms with E-state index in [9.17, 15) is 4.79 Å². The Morgan fingerprint density at radius 2 is 2.12 bits per heavy atom. The van der Waals surface area contributed by atoms with E-state index in [-0.39, 0.29) is 11.5 Å². The van der Waals surface area contributed by atoms with Crippen LogP contribution in [0.3, 0.4) is 0 Å². The molecule has 0 saturated carbocycles. The number of aromatic nitrogens is 1. The number of halogens is 1. The topological polar surface area (TPSA) is 59.4 Å².